The van der Waals surface area contributed by atoms with E-state index in [1.54, 1.807) is 0 Å². The number of benzene rings is 2. The molecule has 0 spiro atoms. The summed E-state index contributed by atoms with van der Waals surface area (Å²) in [4.78, 5) is 23.7. The van der Waals surface area contributed by atoms with Gasteiger partial charge < -0.3 is 14.8 Å². The van der Waals surface area contributed by atoms with Gasteiger partial charge in [-0.05, 0) is 48.2 Å². The molecule has 0 saturated heterocycles. The van der Waals surface area contributed by atoms with Gasteiger partial charge in [0.25, 0.3) is 5.91 Å². The molecule has 0 bridgehead atoms. The van der Waals surface area contributed by atoms with Crippen molar-refractivity contribution in [1.82, 2.24) is 0 Å². The second-order valence-corrected chi connectivity index (χ2v) is 8.33. The highest BCUT2D eigenvalue weighted by molar-refractivity contribution is 7.89. The number of hydrogen-bond donors (Lipinski definition) is 2. The molecule has 3 N–H and O–H groups in total. The number of rotatable bonds is 8. The average Bonchev–Trinajstić information content (AvgIpc) is 2.64. The van der Waals surface area contributed by atoms with Gasteiger partial charge in [-0.15, -0.1) is 0 Å². The summed E-state index contributed by atoms with van der Waals surface area (Å²) in [7, 11) is -3.89. The lowest BCUT2D eigenvalue weighted by atomic mass is 10.0. The van der Waals surface area contributed by atoms with Crippen LogP contribution in [0.15, 0.2) is 47.4 Å². The largest absolute Gasteiger partial charge is 0.482 e. The minimum absolute atomic E-state index is 0.139. The van der Waals surface area contributed by atoms with Crippen LogP contribution in [0.5, 0.6) is 5.75 Å². The molecule has 29 heavy (non-hydrogen) atoms. The van der Waals surface area contributed by atoms with Crippen LogP contribution in [0.1, 0.15) is 30.9 Å². The Kier molecular flexibility index (Phi) is 7.35. The molecular formula is C20H24N2O6S. The number of anilines is 1. The first-order chi connectivity index (χ1) is 13.6. The topological polar surface area (TPSA) is 125 Å². The van der Waals surface area contributed by atoms with Crippen LogP contribution in [0.25, 0.3) is 0 Å². The van der Waals surface area contributed by atoms with Gasteiger partial charge in [0.15, 0.2) is 13.2 Å². The quantitative estimate of drug-likeness (QED) is 0.632. The standard InChI is InChI=1S/C20H24N2O6S/c1-13(2)17-8-7-14(3)9-18(17)27-12-20(24)28-11-19(23)22-15-5-4-6-16(10-15)29(21,25)26/h4-10,13H,11-12H2,1-3H3,(H,22,23)(H2,21,25,26). The Hall–Kier alpha value is -2.91. The number of ether oxygens (including phenoxy) is 2. The molecule has 0 unspecified atom stereocenters. The number of nitrogens with one attached hydrogen (secondary N) is 1. The van der Waals surface area contributed by atoms with Crippen molar-refractivity contribution < 1.29 is 27.5 Å². The van der Waals surface area contributed by atoms with E-state index in [1.807, 2.05) is 39.0 Å². The molecule has 8 nitrogen and oxygen atoms in total. The van der Waals surface area contributed by atoms with E-state index in [2.05, 4.69) is 5.32 Å². The molecule has 9 heteroatoms. The molecule has 0 aromatic heterocycles. The number of hydrogen-bond acceptors (Lipinski definition) is 6. The van der Waals surface area contributed by atoms with E-state index in [0.29, 0.717) is 5.75 Å². The van der Waals surface area contributed by atoms with Crippen molar-refractivity contribution in [3.05, 3.63) is 53.6 Å². The van der Waals surface area contributed by atoms with Crippen LogP contribution in [0.4, 0.5) is 5.69 Å². The first-order valence-electron chi connectivity index (χ1n) is 8.88. The summed E-state index contributed by atoms with van der Waals surface area (Å²) in [6.07, 6.45) is 0. The van der Waals surface area contributed by atoms with Crippen LogP contribution in [0.3, 0.4) is 0 Å². The smallest absolute Gasteiger partial charge is 0.344 e. The Bertz CT molecular complexity index is 1000. The lowest BCUT2D eigenvalue weighted by molar-refractivity contribution is -0.149. The van der Waals surface area contributed by atoms with Crippen molar-refractivity contribution in [1.29, 1.82) is 0 Å². The second-order valence-electron chi connectivity index (χ2n) is 6.77. The highest BCUT2D eigenvalue weighted by atomic mass is 32.2. The van der Waals surface area contributed by atoms with Crippen molar-refractivity contribution in [3.8, 4) is 5.75 Å². The van der Waals surface area contributed by atoms with Gasteiger partial charge in [0.05, 0.1) is 4.90 Å². The van der Waals surface area contributed by atoms with Crippen LogP contribution in [-0.2, 0) is 24.3 Å². The van der Waals surface area contributed by atoms with Crippen LogP contribution in [0, 0.1) is 6.92 Å². The maximum atomic E-state index is 11.9. The molecule has 0 heterocycles. The van der Waals surface area contributed by atoms with E-state index in [0.717, 1.165) is 11.1 Å². The Labute approximate surface area is 170 Å². The van der Waals surface area contributed by atoms with Crippen molar-refractivity contribution in [2.24, 2.45) is 5.14 Å². The number of sulfonamides is 1. The monoisotopic (exact) mass is 420 g/mol. The van der Waals surface area contributed by atoms with Gasteiger partial charge in [0.2, 0.25) is 10.0 Å². The Morgan fingerprint density at radius 2 is 1.83 bits per heavy atom. The zero-order valence-electron chi connectivity index (χ0n) is 16.5. The Morgan fingerprint density at radius 3 is 2.48 bits per heavy atom. The molecular weight excluding hydrogens is 396 g/mol. The van der Waals surface area contributed by atoms with Gasteiger partial charge in [-0.25, -0.2) is 18.4 Å². The number of amides is 1. The third-order valence-corrected chi connectivity index (χ3v) is 4.86. The minimum atomic E-state index is -3.89. The Morgan fingerprint density at radius 1 is 1.10 bits per heavy atom. The van der Waals surface area contributed by atoms with Crippen LogP contribution >= 0.6 is 0 Å². The summed E-state index contributed by atoms with van der Waals surface area (Å²) in [6.45, 7) is 5.09. The normalized spacial score (nSPS) is 11.2. The van der Waals surface area contributed by atoms with Crippen molar-refractivity contribution in [3.63, 3.8) is 0 Å². The predicted molar refractivity (Wildman–Crippen MR) is 108 cm³/mol. The maximum absolute atomic E-state index is 11.9. The number of nitrogens with two attached hydrogens (primary N) is 1. The van der Waals surface area contributed by atoms with E-state index in [-0.39, 0.29) is 23.1 Å². The highest BCUT2D eigenvalue weighted by Crippen LogP contribution is 2.27. The molecule has 0 aliphatic rings. The first-order valence-corrected chi connectivity index (χ1v) is 10.4. The summed E-state index contributed by atoms with van der Waals surface area (Å²) in [5.74, 6) is -0.500. The third kappa shape index (κ3) is 6.88. The van der Waals surface area contributed by atoms with Crippen LogP contribution < -0.4 is 15.2 Å². The van der Waals surface area contributed by atoms with Crippen LogP contribution in [-0.4, -0.2) is 33.5 Å². The third-order valence-electron chi connectivity index (χ3n) is 3.95. The fraction of sp³-hybridized carbons (Fsp3) is 0.300. The summed E-state index contributed by atoms with van der Waals surface area (Å²) in [5, 5.41) is 7.49. The van der Waals surface area contributed by atoms with Gasteiger partial charge in [-0.2, -0.15) is 0 Å². The molecule has 0 aliphatic heterocycles. The van der Waals surface area contributed by atoms with Gasteiger partial charge >= 0.3 is 5.97 Å². The molecule has 156 valence electrons. The molecule has 2 aromatic carbocycles. The Balaban J connectivity index is 1.87. The average molecular weight is 420 g/mol. The predicted octanol–water partition coefficient (Wildman–Crippen LogP) is 2.33. The van der Waals surface area contributed by atoms with E-state index in [9.17, 15) is 18.0 Å². The van der Waals surface area contributed by atoms with Gasteiger partial charge in [-0.3, -0.25) is 4.79 Å². The maximum Gasteiger partial charge on any atom is 0.344 e. The fourth-order valence-corrected chi connectivity index (χ4v) is 3.08. The molecule has 2 rings (SSSR count). The number of aryl methyl sites for hydroxylation is 1. The summed E-state index contributed by atoms with van der Waals surface area (Å²) < 4.78 is 33.2. The summed E-state index contributed by atoms with van der Waals surface area (Å²) >= 11 is 0. The molecule has 0 atom stereocenters. The van der Waals surface area contributed by atoms with Crippen molar-refractivity contribution >= 4 is 27.6 Å². The molecule has 0 aliphatic carbocycles. The van der Waals surface area contributed by atoms with Crippen molar-refractivity contribution in [2.45, 2.75) is 31.6 Å². The zero-order chi connectivity index (χ0) is 21.6. The van der Waals surface area contributed by atoms with Crippen LogP contribution in [0.2, 0.25) is 0 Å². The SMILES string of the molecule is Cc1ccc(C(C)C)c(OCC(=O)OCC(=O)Nc2cccc(S(N)(=O)=O)c2)c1. The molecule has 0 fully saturated rings. The number of esters is 1. The second kappa shape index (κ2) is 9.53. The molecule has 2 aromatic rings. The first kappa shape index (κ1) is 22.4. The molecule has 0 radical (unpaired) electrons. The van der Waals surface area contributed by atoms with E-state index in [1.165, 1.54) is 24.3 Å². The van der Waals surface area contributed by atoms with Gasteiger partial charge in [0.1, 0.15) is 5.75 Å². The number of carbonyl (C=O) groups is 2. The highest BCUT2D eigenvalue weighted by Gasteiger charge is 2.13. The molecule has 1 amide bonds. The lowest BCUT2D eigenvalue weighted by Crippen LogP contribution is -2.24. The zero-order valence-corrected chi connectivity index (χ0v) is 17.3. The molecule has 0 saturated carbocycles. The van der Waals surface area contributed by atoms with Gasteiger partial charge in [-0.1, -0.05) is 32.0 Å². The van der Waals surface area contributed by atoms with Gasteiger partial charge in [0, 0.05) is 5.69 Å². The minimum Gasteiger partial charge on any atom is -0.482 e. The lowest BCUT2D eigenvalue weighted by Gasteiger charge is -2.14. The number of carbonyl (C=O) groups excluding carboxylic acids is 2. The summed E-state index contributed by atoms with van der Waals surface area (Å²) in [5.41, 5.74) is 2.19. The number of primary sulfonamides is 1. The van der Waals surface area contributed by atoms with E-state index < -0.39 is 28.5 Å². The van der Waals surface area contributed by atoms with E-state index >= 15 is 0 Å². The fourth-order valence-electron chi connectivity index (χ4n) is 2.52. The summed E-state index contributed by atoms with van der Waals surface area (Å²) in [6, 6.07) is 11.2. The van der Waals surface area contributed by atoms with E-state index in [4.69, 9.17) is 14.6 Å². The van der Waals surface area contributed by atoms with Crippen molar-refractivity contribution in [2.75, 3.05) is 18.5 Å².